The van der Waals surface area contributed by atoms with Crippen molar-refractivity contribution in [1.82, 2.24) is 4.90 Å². The van der Waals surface area contributed by atoms with E-state index in [1.807, 2.05) is 18.2 Å². The number of methoxy groups -OCH3 is 2. The van der Waals surface area contributed by atoms with Gasteiger partial charge >= 0.3 is 0 Å². The molecule has 3 rings (SSSR count). The van der Waals surface area contributed by atoms with Gasteiger partial charge in [-0.3, -0.25) is 4.79 Å². The lowest BCUT2D eigenvalue weighted by molar-refractivity contribution is -0.131. The summed E-state index contributed by atoms with van der Waals surface area (Å²) in [6.45, 7) is 0.448. The second kappa shape index (κ2) is 6.11. The smallest absolute Gasteiger partial charge is 0.224 e. The fraction of sp³-hybridized carbons (Fsp3) is 0.556. The van der Waals surface area contributed by atoms with Crippen molar-refractivity contribution in [3.05, 3.63) is 23.8 Å². The molecule has 0 bridgehead atoms. The molecule has 122 valence electrons. The highest BCUT2D eigenvalue weighted by Gasteiger charge is 2.53. The van der Waals surface area contributed by atoms with Crippen molar-refractivity contribution in [1.29, 1.82) is 5.26 Å². The molecular weight excluding hydrogens is 292 g/mol. The fourth-order valence-corrected chi connectivity index (χ4v) is 4.00. The maximum atomic E-state index is 12.5. The molecular formula is C18H22N2O3. The van der Waals surface area contributed by atoms with Gasteiger partial charge in [0.05, 0.1) is 20.3 Å². The van der Waals surface area contributed by atoms with E-state index in [9.17, 15) is 10.1 Å². The van der Waals surface area contributed by atoms with Gasteiger partial charge in [0.25, 0.3) is 0 Å². The first-order valence-electron chi connectivity index (χ1n) is 8.07. The normalized spacial score (nSPS) is 26.6. The number of fused-ring (bicyclic) bond motifs is 1. The zero-order valence-corrected chi connectivity index (χ0v) is 13.7. The van der Waals surface area contributed by atoms with Crippen molar-refractivity contribution in [3.8, 4) is 17.6 Å². The van der Waals surface area contributed by atoms with Gasteiger partial charge in [-0.2, -0.15) is 5.26 Å². The van der Waals surface area contributed by atoms with Gasteiger partial charge in [-0.15, -0.1) is 0 Å². The van der Waals surface area contributed by atoms with E-state index in [0.29, 0.717) is 24.5 Å². The van der Waals surface area contributed by atoms with Crippen molar-refractivity contribution in [3.63, 3.8) is 0 Å². The molecule has 2 atom stereocenters. The second-order valence-electron chi connectivity index (χ2n) is 6.35. The van der Waals surface area contributed by atoms with Gasteiger partial charge in [0.1, 0.15) is 5.54 Å². The van der Waals surface area contributed by atoms with Gasteiger partial charge in [-0.1, -0.05) is 18.9 Å². The zero-order chi connectivity index (χ0) is 16.4. The summed E-state index contributed by atoms with van der Waals surface area (Å²) >= 11 is 0. The lowest BCUT2D eigenvalue weighted by Gasteiger charge is -2.39. The minimum absolute atomic E-state index is 0.0910. The Morgan fingerprint density at radius 1 is 1.30 bits per heavy atom. The average Bonchev–Trinajstić information content (AvgIpc) is 2.87. The summed E-state index contributed by atoms with van der Waals surface area (Å²) in [6, 6.07) is 8.13. The van der Waals surface area contributed by atoms with Gasteiger partial charge in [0, 0.05) is 18.9 Å². The topological polar surface area (TPSA) is 62.6 Å². The highest BCUT2D eigenvalue weighted by molar-refractivity contribution is 5.81. The van der Waals surface area contributed by atoms with E-state index in [1.165, 1.54) is 0 Å². The third-order valence-corrected chi connectivity index (χ3v) is 5.22. The van der Waals surface area contributed by atoms with Crippen LogP contribution in [0.15, 0.2) is 18.2 Å². The van der Waals surface area contributed by atoms with Crippen LogP contribution < -0.4 is 9.47 Å². The first-order valence-corrected chi connectivity index (χ1v) is 8.07. The quantitative estimate of drug-likeness (QED) is 0.857. The first-order chi connectivity index (χ1) is 11.1. The van der Waals surface area contributed by atoms with Gasteiger partial charge < -0.3 is 14.4 Å². The Morgan fingerprint density at radius 3 is 2.78 bits per heavy atom. The number of rotatable bonds is 4. The Kier molecular flexibility index (Phi) is 4.16. The van der Waals surface area contributed by atoms with Crippen molar-refractivity contribution in [2.75, 3.05) is 14.2 Å². The predicted octanol–water partition coefficient (Wildman–Crippen LogP) is 2.89. The van der Waals surface area contributed by atoms with Crippen LogP contribution in [0.3, 0.4) is 0 Å². The third-order valence-electron chi connectivity index (χ3n) is 5.22. The van der Waals surface area contributed by atoms with Crippen LogP contribution in [-0.4, -0.2) is 30.6 Å². The zero-order valence-electron chi connectivity index (χ0n) is 13.7. The highest BCUT2D eigenvalue weighted by atomic mass is 16.5. The SMILES string of the molecule is COc1ccc(CN2C(=O)C[C@H]3CCCC[C@]32C#N)cc1OC. The highest BCUT2D eigenvalue weighted by Crippen LogP contribution is 2.46. The number of carbonyl (C=O) groups is 1. The van der Waals surface area contributed by atoms with Crippen LogP contribution in [-0.2, 0) is 11.3 Å². The van der Waals surface area contributed by atoms with Crippen LogP contribution in [0.5, 0.6) is 11.5 Å². The molecule has 2 aliphatic rings. The van der Waals surface area contributed by atoms with E-state index in [0.717, 1.165) is 31.2 Å². The number of hydrogen-bond donors (Lipinski definition) is 0. The Morgan fingerprint density at radius 2 is 2.09 bits per heavy atom. The number of amides is 1. The number of nitrogens with zero attached hydrogens (tertiary/aromatic N) is 2. The minimum Gasteiger partial charge on any atom is -0.493 e. The summed E-state index contributed by atoms with van der Waals surface area (Å²) in [5.74, 6) is 1.57. The van der Waals surface area contributed by atoms with Crippen molar-refractivity contribution < 1.29 is 14.3 Å². The number of hydrogen-bond acceptors (Lipinski definition) is 4. The van der Waals surface area contributed by atoms with Gasteiger partial charge in [-0.25, -0.2) is 0 Å². The standard InChI is InChI=1S/C18H22N2O3/c1-22-15-7-6-13(9-16(15)23-2)11-20-17(21)10-14-5-3-4-8-18(14,20)12-19/h6-7,9,14H,3-5,8,10-11H2,1-2H3/t14-,18+/m1/s1. The minimum atomic E-state index is -0.623. The van der Waals surface area contributed by atoms with E-state index >= 15 is 0 Å². The number of likely N-dealkylation sites (tertiary alicyclic amines) is 1. The van der Waals surface area contributed by atoms with E-state index in [-0.39, 0.29) is 11.8 Å². The van der Waals surface area contributed by atoms with E-state index in [1.54, 1.807) is 19.1 Å². The summed E-state index contributed by atoms with van der Waals surface area (Å²) < 4.78 is 10.6. The number of ether oxygens (including phenoxy) is 2. The molecule has 0 N–H and O–H groups in total. The Hall–Kier alpha value is -2.22. The summed E-state index contributed by atoms with van der Waals surface area (Å²) in [6.07, 6.45) is 4.39. The number of carbonyl (C=O) groups excluding carboxylic acids is 1. The van der Waals surface area contributed by atoms with Gasteiger partial charge in [0.15, 0.2) is 11.5 Å². The molecule has 1 heterocycles. The summed E-state index contributed by atoms with van der Waals surface area (Å²) in [4.78, 5) is 14.3. The lowest BCUT2D eigenvalue weighted by Crippen LogP contribution is -2.49. The van der Waals surface area contributed by atoms with Crippen LogP contribution >= 0.6 is 0 Å². The van der Waals surface area contributed by atoms with Gasteiger partial charge in [-0.05, 0) is 30.5 Å². The molecule has 5 nitrogen and oxygen atoms in total. The van der Waals surface area contributed by atoms with E-state index in [2.05, 4.69) is 6.07 Å². The van der Waals surface area contributed by atoms with Crippen LogP contribution in [0.1, 0.15) is 37.7 Å². The predicted molar refractivity (Wildman–Crippen MR) is 85.0 cm³/mol. The van der Waals surface area contributed by atoms with E-state index < -0.39 is 5.54 Å². The Bertz CT molecular complexity index is 652. The second-order valence-corrected chi connectivity index (χ2v) is 6.35. The molecule has 1 saturated heterocycles. The van der Waals surface area contributed by atoms with Crippen molar-refractivity contribution >= 4 is 5.91 Å². The average molecular weight is 314 g/mol. The Labute approximate surface area is 136 Å². The molecule has 0 radical (unpaired) electrons. The molecule has 1 aliphatic heterocycles. The fourth-order valence-electron chi connectivity index (χ4n) is 4.00. The van der Waals surface area contributed by atoms with Crippen molar-refractivity contribution in [2.24, 2.45) is 5.92 Å². The third kappa shape index (κ3) is 2.52. The van der Waals surface area contributed by atoms with E-state index in [4.69, 9.17) is 9.47 Å². The lowest BCUT2D eigenvalue weighted by atomic mass is 9.74. The van der Waals surface area contributed by atoms with Crippen LogP contribution in [0.4, 0.5) is 0 Å². The van der Waals surface area contributed by atoms with Crippen LogP contribution in [0.25, 0.3) is 0 Å². The molecule has 23 heavy (non-hydrogen) atoms. The number of benzene rings is 1. The molecule has 5 heteroatoms. The molecule has 0 aromatic heterocycles. The monoisotopic (exact) mass is 314 g/mol. The molecule has 1 aliphatic carbocycles. The molecule has 2 fully saturated rings. The molecule has 1 aromatic carbocycles. The summed E-state index contributed by atoms with van der Waals surface area (Å²) in [7, 11) is 3.19. The maximum absolute atomic E-state index is 12.5. The number of nitriles is 1. The molecule has 0 spiro atoms. The van der Waals surface area contributed by atoms with Gasteiger partial charge in [0.2, 0.25) is 5.91 Å². The summed E-state index contributed by atoms with van der Waals surface area (Å²) in [5, 5.41) is 9.81. The largest absolute Gasteiger partial charge is 0.493 e. The van der Waals surface area contributed by atoms with Crippen molar-refractivity contribution in [2.45, 2.75) is 44.2 Å². The van der Waals surface area contributed by atoms with Crippen LogP contribution in [0, 0.1) is 17.2 Å². The first kappa shape index (κ1) is 15.7. The Balaban J connectivity index is 1.89. The maximum Gasteiger partial charge on any atom is 0.224 e. The molecule has 1 saturated carbocycles. The van der Waals surface area contributed by atoms with Crippen LogP contribution in [0.2, 0.25) is 0 Å². The molecule has 0 unspecified atom stereocenters. The molecule has 1 amide bonds. The summed E-state index contributed by atoms with van der Waals surface area (Å²) in [5.41, 5.74) is 0.333. The molecule has 1 aromatic rings.